The second kappa shape index (κ2) is 9.05. The summed E-state index contributed by atoms with van der Waals surface area (Å²) in [5, 5.41) is 4.78. The van der Waals surface area contributed by atoms with Gasteiger partial charge in [-0.3, -0.25) is 15.0 Å². The average Bonchev–Trinajstić information content (AvgIpc) is 2.58. The number of amides is 3. The third-order valence-corrected chi connectivity index (χ3v) is 3.81. The molecular weight excluding hydrogens is 340 g/mol. The molecule has 0 bridgehead atoms. The van der Waals surface area contributed by atoms with Gasteiger partial charge in [-0.25, -0.2) is 13.6 Å². The number of carbonyl (C=O) groups excluding carboxylic acids is 2. The van der Waals surface area contributed by atoms with Crippen LogP contribution in [0.4, 0.5) is 13.6 Å². The number of carbonyl (C=O) groups is 2. The normalized spacial score (nSPS) is 11.9. The lowest BCUT2D eigenvalue weighted by Gasteiger charge is -2.27. The molecule has 0 saturated heterocycles. The van der Waals surface area contributed by atoms with E-state index in [1.807, 2.05) is 6.07 Å². The van der Waals surface area contributed by atoms with Crippen LogP contribution >= 0.6 is 0 Å². The van der Waals surface area contributed by atoms with Gasteiger partial charge < -0.3 is 5.32 Å². The van der Waals surface area contributed by atoms with Gasteiger partial charge in [0.05, 0.1) is 0 Å². The molecule has 26 heavy (non-hydrogen) atoms. The van der Waals surface area contributed by atoms with Crippen LogP contribution < -0.4 is 10.6 Å². The first-order valence-corrected chi connectivity index (χ1v) is 8.20. The van der Waals surface area contributed by atoms with Gasteiger partial charge in [-0.2, -0.15) is 0 Å². The molecule has 0 aromatic heterocycles. The third-order valence-electron chi connectivity index (χ3n) is 3.81. The smallest absolute Gasteiger partial charge is 0.321 e. The largest absolute Gasteiger partial charge is 0.338 e. The van der Waals surface area contributed by atoms with E-state index in [1.165, 1.54) is 12.1 Å². The Labute approximate surface area is 151 Å². The maximum absolute atomic E-state index is 14.0. The van der Waals surface area contributed by atoms with Crippen molar-refractivity contribution >= 4 is 11.9 Å². The van der Waals surface area contributed by atoms with Crippen molar-refractivity contribution in [2.24, 2.45) is 0 Å². The molecule has 0 spiro atoms. The van der Waals surface area contributed by atoms with Crippen LogP contribution in [0.25, 0.3) is 0 Å². The van der Waals surface area contributed by atoms with Crippen molar-refractivity contribution in [3.05, 3.63) is 71.3 Å². The van der Waals surface area contributed by atoms with E-state index in [-0.39, 0.29) is 12.1 Å². The monoisotopic (exact) mass is 361 g/mol. The second-order valence-corrected chi connectivity index (χ2v) is 5.81. The first-order valence-electron chi connectivity index (χ1n) is 8.20. The fourth-order valence-corrected chi connectivity index (χ4v) is 2.64. The highest BCUT2D eigenvalue weighted by Gasteiger charge is 2.27. The highest BCUT2D eigenvalue weighted by atomic mass is 19.1. The molecule has 1 atom stereocenters. The third kappa shape index (κ3) is 5.10. The van der Waals surface area contributed by atoms with E-state index in [0.29, 0.717) is 12.1 Å². The zero-order valence-electron chi connectivity index (χ0n) is 14.6. The van der Waals surface area contributed by atoms with Crippen LogP contribution in [0, 0.1) is 11.6 Å². The maximum atomic E-state index is 14.0. The molecular formula is C19H21F2N3O2. The molecule has 138 valence electrons. The van der Waals surface area contributed by atoms with E-state index >= 15 is 0 Å². The van der Waals surface area contributed by atoms with Crippen LogP contribution in [0.3, 0.4) is 0 Å². The van der Waals surface area contributed by atoms with Crippen molar-refractivity contribution in [1.82, 2.24) is 15.5 Å². The molecule has 0 heterocycles. The molecule has 0 radical (unpaired) electrons. The van der Waals surface area contributed by atoms with Gasteiger partial charge in [0.15, 0.2) is 0 Å². The summed E-state index contributed by atoms with van der Waals surface area (Å²) in [6.45, 7) is 2.18. The minimum Gasteiger partial charge on any atom is -0.338 e. The Balaban J connectivity index is 2.25. The highest BCUT2D eigenvalue weighted by Crippen LogP contribution is 2.22. The van der Waals surface area contributed by atoms with Crippen LogP contribution in [-0.4, -0.2) is 30.4 Å². The Morgan fingerprint density at radius 3 is 2.42 bits per heavy atom. The Kier molecular flexibility index (Phi) is 6.80. The summed E-state index contributed by atoms with van der Waals surface area (Å²) in [4.78, 5) is 25.9. The first kappa shape index (κ1) is 19.5. The lowest BCUT2D eigenvalue weighted by molar-refractivity contribution is -0.125. The number of nitrogens with zero attached hydrogens (tertiary/aromatic N) is 1. The fourth-order valence-electron chi connectivity index (χ4n) is 2.64. The number of benzene rings is 2. The summed E-state index contributed by atoms with van der Waals surface area (Å²) in [5.74, 6) is -1.89. The van der Waals surface area contributed by atoms with Crippen molar-refractivity contribution < 1.29 is 18.4 Å². The van der Waals surface area contributed by atoms with Crippen molar-refractivity contribution in [3.63, 3.8) is 0 Å². The van der Waals surface area contributed by atoms with Gasteiger partial charge in [-0.05, 0) is 25.6 Å². The molecule has 2 aromatic rings. The average molecular weight is 361 g/mol. The van der Waals surface area contributed by atoms with Crippen LogP contribution in [0.2, 0.25) is 0 Å². The summed E-state index contributed by atoms with van der Waals surface area (Å²) in [6.07, 6.45) is 0. The number of nitrogens with one attached hydrogen (secondary N) is 2. The molecule has 0 fully saturated rings. The Hall–Kier alpha value is -2.80. The van der Waals surface area contributed by atoms with E-state index in [4.69, 9.17) is 0 Å². The van der Waals surface area contributed by atoms with Crippen molar-refractivity contribution in [1.29, 1.82) is 0 Å². The predicted molar refractivity (Wildman–Crippen MR) is 94.2 cm³/mol. The fraction of sp³-hybridized carbons (Fsp3) is 0.263. The molecule has 1 unspecified atom stereocenters. The van der Waals surface area contributed by atoms with Gasteiger partial charge in [-0.15, -0.1) is 0 Å². The Morgan fingerprint density at radius 1 is 1.12 bits per heavy atom. The van der Waals surface area contributed by atoms with Gasteiger partial charge in [0.1, 0.15) is 17.7 Å². The number of imide groups is 1. The molecule has 3 amide bonds. The van der Waals surface area contributed by atoms with Gasteiger partial charge in [0.25, 0.3) is 0 Å². The summed E-state index contributed by atoms with van der Waals surface area (Å²) in [7, 11) is 1.64. The van der Waals surface area contributed by atoms with E-state index in [1.54, 1.807) is 43.1 Å². The number of hydrogen-bond acceptors (Lipinski definition) is 3. The predicted octanol–water partition coefficient (Wildman–Crippen LogP) is 2.98. The lowest BCUT2D eigenvalue weighted by atomic mass is 10.0. The Morgan fingerprint density at radius 2 is 1.81 bits per heavy atom. The second-order valence-electron chi connectivity index (χ2n) is 5.81. The quantitative estimate of drug-likeness (QED) is 0.832. The summed E-state index contributed by atoms with van der Waals surface area (Å²) < 4.78 is 27.0. The minimum absolute atomic E-state index is 0.0640. The summed E-state index contributed by atoms with van der Waals surface area (Å²) in [5.41, 5.74) is 0.903. The standard InChI is InChI=1S/C19H21F2N3O2/c1-3-22-19(26)23-18(25)17(13-7-5-4-6-8-13)24(2)12-14-9-10-15(20)11-16(14)21/h4-11,17H,3,12H2,1-2H3,(H2,22,23,25,26). The molecule has 0 aliphatic heterocycles. The molecule has 2 rings (SSSR count). The summed E-state index contributed by atoms with van der Waals surface area (Å²) >= 11 is 0. The van der Waals surface area contributed by atoms with Crippen molar-refractivity contribution in [2.75, 3.05) is 13.6 Å². The molecule has 7 heteroatoms. The zero-order valence-corrected chi connectivity index (χ0v) is 14.6. The van der Waals surface area contributed by atoms with Crippen LogP contribution in [0.1, 0.15) is 24.1 Å². The molecule has 0 saturated carbocycles. The van der Waals surface area contributed by atoms with Crippen molar-refractivity contribution in [3.8, 4) is 0 Å². The van der Waals surface area contributed by atoms with Crippen LogP contribution in [-0.2, 0) is 11.3 Å². The molecule has 2 aromatic carbocycles. The summed E-state index contributed by atoms with van der Waals surface area (Å²) in [6, 6.07) is 10.7. The highest BCUT2D eigenvalue weighted by molar-refractivity contribution is 5.97. The number of rotatable bonds is 6. The molecule has 5 nitrogen and oxygen atoms in total. The SMILES string of the molecule is CCNC(=O)NC(=O)C(c1ccccc1)N(C)Cc1ccc(F)cc1F. The van der Waals surface area contributed by atoms with Crippen LogP contribution in [0.5, 0.6) is 0 Å². The van der Waals surface area contributed by atoms with Gasteiger partial charge in [0.2, 0.25) is 5.91 Å². The zero-order chi connectivity index (χ0) is 19.1. The van der Waals surface area contributed by atoms with Gasteiger partial charge in [-0.1, -0.05) is 36.4 Å². The van der Waals surface area contributed by atoms with E-state index in [9.17, 15) is 18.4 Å². The van der Waals surface area contributed by atoms with E-state index < -0.39 is 29.6 Å². The van der Waals surface area contributed by atoms with Crippen LogP contribution in [0.15, 0.2) is 48.5 Å². The van der Waals surface area contributed by atoms with E-state index in [2.05, 4.69) is 10.6 Å². The number of urea groups is 1. The first-order chi connectivity index (χ1) is 12.4. The maximum Gasteiger partial charge on any atom is 0.321 e. The number of hydrogen-bond donors (Lipinski definition) is 2. The molecule has 2 N–H and O–H groups in total. The lowest BCUT2D eigenvalue weighted by Crippen LogP contribution is -2.45. The Bertz CT molecular complexity index is 769. The minimum atomic E-state index is -0.816. The topological polar surface area (TPSA) is 61.4 Å². The number of halogens is 2. The molecule has 0 aliphatic carbocycles. The van der Waals surface area contributed by atoms with E-state index in [0.717, 1.165) is 6.07 Å². The molecule has 0 aliphatic rings. The van der Waals surface area contributed by atoms with Gasteiger partial charge in [0, 0.05) is 24.7 Å². The van der Waals surface area contributed by atoms with Crippen molar-refractivity contribution in [2.45, 2.75) is 19.5 Å². The number of likely N-dealkylation sites (N-methyl/N-ethyl adjacent to an activating group) is 1. The van der Waals surface area contributed by atoms with Gasteiger partial charge >= 0.3 is 6.03 Å².